The second kappa shape index (κ2) is 11.0. The molecule has 0 radical (unpaired) electrons. The predicted octanol–water partition coefficient (Wildman–Crippen LogP) is 4.21. The molecule has 1 atom stereocenters. The summed E-state index contributed by atoms with van der Waals surface area (Å²) in [4.78, 5) is 39.0. The van der Waals surface area contributed by atoms with E-state index in [-0.39, 0.29) is 11.3 Å². The number of benzene rings is 2. The Morgan fingerprint density at radius 2 is 1.89 bits per heavy atom. The van der Waals surface area contributed by atoms with Crippen molar-refractivity contribution in [2.45, 2.75) is 12.5 Å². The van der Waals surface area contributed by atoms with Gasteiger partial charge in [-0.3, -0.25) is 14.9 Å². The lowest BCUT2D eigenvalue weighted by Crippen LogP contribution is -2.37. The maximum Gasteiger partial charge on any atom is 0.341 e. The first-order chi connectivity index (χ1) is 18.4. The quantitative estimate of drug-likeness (QED) is 0.248. The van der Waals surface area contributed by atoms with Gasteiger partial charge in [-0.05, 0) is 35.9 Å². The van der Waals surface area contributed by atoms with Crippen molar-refractivity contribution in [1.29, 1.82) is 0 Å². The number of hydrogen-bond acceptors (Lipinski definition) is 9. The first-order valence-corrected chi connectivity index (χ1v) is 12.3. The van der Waals surface area contributed by atoms with Gasteiger partial charge in [0.2, 0.25) is 0 Å². The number of nitro benzene ring substituents is 1. The van der Waals surface area contributed by atoms with Gasteiger partial charge in [-0.15, -0.1) is 0 Å². The van der Waals surface area contributed by atoms with E-state index in [1.54, 1.807) is 24.3 Å². The molecule has 3 heterocycles. The molecule has 0 bridgehead atoms. The number of rotatable bonds is 7. The van der Waals surface area contributed by atoms with Crippen LogP contribution in [-0.4, -0.2) is 60.4 Å². The Morgan fingerprint density at radius 3 is 2.58 bits per heavy atom. The van der Waals surface area contributed by atoms with Crippen LogP contribution < -0.4 is 4.90 Å². The van der Waals surface area contributed by atoms with Gasteiger partial charge in [-0.2, -0.15) is 5.10 Å². The molecular weight excluding hydrogens is 516 g/mol. The van der Waals surface area contributed by atoms with Crippen LogP contribution in [0.2, 0.25) is 5.02 Å². The Kier molecular flexibility index (Phi) is 7.38. The molecule has 3 aromatic rings. The Labute approximate surface area is 222 Å². The Morgan fingerprint density at radius 1 is 1.13 bits per heavy atom. The summed E-state index contributed by atoms with van der Waals surface area (Å²) in [6.07, 6.45) is 1.90. The van der Waals surface area contributed by atoms with E-state index < -0.39 is 29.4 Å². The average molecular weight is 539 g/mol. The zero-order valence-electron chi connectivity index (χ0n) is 20.1. The molecule has 0 saturated carbocycles. The molecule has 196 valence electrons. The first-order valence-electron chi connectivity index (χ1n) is 11.9. The van der Waals surface area contributed by atoms with Gasteiger partial charge < -0.3 is 18.8 Å². The lowest BCUT2D eigenvalue weighted by molar-refractivity contribution is -0.384. The van der Waals surface area contributed by atoms with E-state index in [4.69, 9.17) is 25.5 Å². The molecule has 2 aromatic carbocycles. The third-order valence-corrected chi connectivity index (χ3v) is 6.56. The number of ether oxygens (including phenoxy) is 2. The van der Waals surface area contributed by atoms with Crippen LogP contribution in [0.3, 0.4) is 0 Å². The third kappa shape index (κ3) is 5.38. The number of halogens is 1. The summed E-state index contributed by atoms with van der Waals surface area (Å²) in [5.74, 6) is -0.882. The molecule has 2 aliphatic heterocycles. The number of amides is 1. The molecule has 0 aliphatic carbocycles. The highest BCUT2D eigenvalue weighted by Crippen LogP contribution is 2.33. The molecule has 1 unspecified atom stereocenters. The normalized spacial score (nSPS) is 17.3. The Balaban J connectivity index is 1.36. The van der Waals surface area contributed by atoms with Crippen LogP contribution in [-0.2, 0) is 14.3 Å². The van der Waals surface area contributed by atoms with Crippen LogP contribution in [0, 0.1) is 10.1 Å². The molecule has 2 aliphatic rings. The molecule has 1 fully saturated rings. The smallest absolute Gasteiger partial charge is 0.341 e. The van der Waals surface area contributed by atoms with E-state index >= 15 is 0 Å². The molecule has 1 amide bonds. The fourth-order valence-electron chi connectivity index (χ4n) is 4.41. The maximum absolute atomic E-state index is 13.2. The van der Waals surface area contributed by atoms with Crippen molar-refractivity contribution in [1.82, 2.24) is 5.01 Å². The lowest BCUT2D eigenvalue weighted by atomic mass is 10.0. The number of morpholine rings is 1. The van der Waals surface area contributed by atoms with E-state index in [2.05, 4.69) is 5.10 Å². The first kappa shape index (κ1) is 25.4. The van der Waals surface area contributed by atoms with Gasteiger partial charge in [0.1, 0.15) is 11.8 Å². The number of anilines is 1. The summed E-state index contributed by atoms with van der Waals surface area (Å²) in [5.41, 5.74) is 1.67. The van der Waals surface area contributed by atoms with Crippen LogP contribution in [0.15, 0.2) is 70.4 Å². The zero-order valence-corrected chi connectivity index (χ0v) is 20.9. The van der Waals surface area contributed by atoms with Gasteiger partial charge in [0.25, 0.3) is 11.6 Å². The predicted molar refractivity (Wildman–Crippen MR) is 137 cm³/mol. The van der Waals surface area contributed by atoms with Gasteiger partial charge in [-0.25, -0.2) is 9.80 Å². The molecule has 0 spiro atoms. The van der Waals surface area contributed by atoms with Crippen LogP contribution in [0.4, 0.5) is 11.4 Å². The Hall–Kier alpha value is -4.22. The summed E-state index contributed by atoms with van der Waals surface area (Å²) in [7, 11) is 0. The minimum Gasteiger partial charge on any atom is -0.467 e. The fraction of sp³-hybridized carbons (Fsp3) is 0.269. The van der Waals surface area contributed by atoms with Crippen molar-refractivity contribution in [3.8, 4) is 0 Å². The minimum atomic E-state index is -0.848. The van der Waals surface area contributed by atoms with Crippen molar-refractivity contribution >= 4 is 40.6 Å². The van der Waals surface area contributed by atoms with E-state index in [1.807, 2.05) is 17.0 Å². The molecule has 0 N–H and O–H groups in total. The molecule has 12 heteroatoms. The van der Waals surface area contributed by atoms with Crippen LogP contribution in [0.5, 0.6) is 0 Å². The summed E-state index contributed by atoms with van der Waals surface area (Å²) >= 11 is 6.00. The van der Waals surface area contributed by atoms with Gasteiger partial charge >= 0.3 is 5.97 Å². The van der Waals surface area contributed by atoms with Crippen molar-refractivity contribution in [3.63, 3.8) is 0 Å². The number of hydrazone groups is 1. The van der Waals surface area contributed by atoms with Crippen LogP contribution >= 0.6 is 11.6 Å². The molecule has 5 rings (SSSR count). The van der Waals surface area contributed by atoms with E-state index in [9.17, 15) is 19.7 Å². The SMILES string of the molecule is O=C(OCC(=O)N1N=C(c2ccc(Cl)cc2)CC1c1ccco1)c1cc([N+](=O)[O-])ccc1N1CCOCC1. The number of esters is 1. The molecular formula is C26H23ClN4O7. The largest absolute Gasteiger partial charge is 0.467 e. The highest BCUT2D eigenvalue weighted by atomic mass is 35.5. The van der Waals surface area contributed by atoms with E-state index in [1.165, 1.54) is 23.4 Å². The van der Waals surface area contributed by atoms with E-state index in [0.29, 0.717) is 54.9 Å². The number of furan rings is 1. The van der Waals surface area contributed by atoms with Gasteiger partial charge in [-0.1, -0.05) is 23.7 Å². The van der Waals surface area contributed by atoms with Gasteiger partial charge in [0, 0.05) is 36.7 Å². The number of hydrogen-bond donors (Lipinski definition) is 0. The fourth-order valence-corrected chi connectivity index (χ4v) is 4.54. The third-order valence-electron chi connectivity index (χ3n) is 6.30. The second-order valence-corrected chi connectivity index (χ2v) is 9.10. The zero-order chi connectivity index (χ0) is 26.6. The average Bonchev–Trinajstić information content (AvgIpc) is 3.63. The van der Waals surface area contributed by atoms with Crippen molar-refractivity contribution in [3.05, 3.63) is 92.9 Å². The molecule has 1 aromatic heterocycles. The van der Waals surface area contributed by atoms with Crippen molar-refractivity contribution in [2.75, 3.05) is 37.8 Å². The van der Waals surface area contributed by atoms with Crippen LogP contribution in [0.1, 0.15) is 34.1 Å². The number of carbonyl (C=O) groups excluding carboxylic acids is 2. The molecule has 11 nitrogen and oxygen atoms in total. The number of carbonyl (C=O) groups is 2. The monoisotopic (exact) mass is 538 g/mol. The van der Waals surface area contributed by atoms with Gasteiger partial charge in [0.05, 0.1) is 41.4 Å². The summed E-state index contributed by atoms with van der Waals surface area (Å²) in [6.45, 7) is 1.33. The standard InChI is InChI=1S/C26H23ClN4O7/c27-18-5-3-17(4-6-18)21-15-23(24-2-1-11-37-24)30(28-21)25(32)16-38-26(33)20-14-19(31(34)35)7-8-22(20)29-9-12-36-13-10-29/h1-8,11,14,23H,9-10,12-13,15-16H2. The highest BCUT2D eigenvalue weighted by molar-refractivity contribution is 6.30. The highest BCUT2D eigenvalue weighted by Gasteiger charge is 2.35. The Bertz CT molecular complexity index is 1370. The molecule has 1 saturated heterocycles. The lowest BCUT2D eigenvalue weighted by Gasteiger charge is -2.30. The minimum absolute atomic E-state index is 0.00302. The number of nitrogens with zero attached hydrogens (tertiary/aromatic N) is 4. The number of nitro groups is 1. The summed E-state index contributed by atoms with van der Waals surface area (Å²) in [5, 5.41) is 17.7. The van der Waals surface area contributed by atoms with Crippen LogP contribution in [0.25, 0.3) is 0 Å². The second-order valence-electron chi connectivity index (χ2n) is 8.66. The van der Waals surface area contributed by atoms with Crippen molar-refractivity contribution < 1.29 is 28.4 Å². The summed E-state index contributed by atoms with van der Waals surface area (Å²) in [6, 6.07) is 14.0. The van der Waals surface area contributed by atoms with Gasteiger partial charge in [0.15, 0.2) is 6.61 Å². The molecule has 38 heavy (non-hydrogen) atoms. The van der Waals surface area contributed by atoms with E-state index in [0.717, 1.165) is 11.6 Å². The summed E-state index contributed by atoms with van der Waals surface area (Å²) < 4.78 is 16.3. The number of non-ortho nitro benzene ring substituents is 1. The maximum atomic E-state index is 13.2. The van der Waals surface area contributed by atoms with Crippen molar-refractivity contribution in [2.24, 2.45) is 5.10 Å². The topological polar surface area (TPSA) is 128 Å².